The summed E-state index contributed by atoms with van der Waals surface area (Å²) in [7, 11) is 0. The van der Waals surface area contributed by atoms with Crippen molar-refractivity contribution in [2.75, 3.05) is 12.4 Å². The summed E-state index contributed by atoms with van der Waals surface area (Å²) in [6, 6.07) is -1.24. The van der Waals surface area contributed by atoms with Crippen LogP contribution < -0.4 is 10.9 Å². The molecular weight excluding hydrogens is 286 g/mol. The number of rotatable bonds is 5. The number of hydrogen-bond donors (Lipinski definition) is 3. The maximum Gasteiger partial charge on any atom is 0.326 e. The van der Waals surface area contributed by atoms with E-state index in [-0.39, 0.29) is 18.6 Å². The van der Waals surface area contributed by atoms with Gasteiger partial charge in [-0.05, 0) is 0 Å². The van der Waals surface area contributed by atoms with Crippen molar-refractivity contribution in [2.24, 2.45) is 0 Å². The lowest BCUT2D eigenvalue weighted by molar-refractivity contribution is -0.139. The van der Waals surface area contributed by atoms with Crippen LogP contribution in [0.25, 0.3) is 0 Å². The number of fused-ring (bicyclic) bond motifs is 1. The fourth-order valence-electron chi connectivity index (χ4n) is 1.80. The summed E-state index contributed by atoms with van der Waals surface area (Å²) in [5, 5.41) is 20.4. The second-order valence-corrected chi connectivity index (χ2v) is 5.20. The Kier molecular flexibility index (Phi) is 4.40. The van der Waals surface area contributed by atoms with Crippen LogP contribution in [-0.2, 0) is 11.3 Å². The number of carboxylic acid groups (broad SMARTS) is 1. The monoisotopic (exact) mass is 299 g/mol. The predicted octanol–water partition coefficient (Wildman–Crippen LogP) is -1.09. The van der Waals surface area contributed by atoms with E-state index >= 15 is 0 Å². The van der Waals surface area contributed by atoms with E-state index < -0.39 is 23.5 Å². The average molecular weight is 299 g/mol. The Bertz CT molecular complexity index is 600. The van der Waals surface area contributed by atoms with Crippen molar-refractivity contribution in [1.82, 2.24) is 14.9 Å². The summed E-state index contributed by atoms with van der Waals surface area (Å²) in [6.07, 6.45) is 1.02. The minimum Gasteiger partial charge on any atom is -0.480 e. The number of aliphatic hydroxyl groups is 1. The summed E-state index contributed by atoms with van der Waals surface area (Å²) in [6.45, 7) is 0.0985. The molecule has 0 spiro atoms. The zero-order chi connectivity index (χ0) is 14.7. The van der Waals surface area contributed by atoms with Gasteiger partial charge in [-0.2, -0.15) is 0 Å². The molecule has 1 aromatic heterocycles. The number of nitrogens with zero attached hydrogens (tertiary/aromatic N) is 2. The number of thioether (sulfide) groups is 1. The Labute approximate surface area is 117 Å². The number of aliphatic hydroxyl groups excluding tert-OH is 1. The minimum absolute atomic E-state index is 0.128. The zero-order valence-corrected chi connectivity index (χ0v) is 11.2. The first kappa shape index (κ1) is 14.5. The van der Waals surface area contributed by atoms with Gasteiger partial charge in [0.25, 0.3) is 11.5 Å². The molecule has 108 valence electrons. The van der Waals surface area contributed by atoms with Crippen LogP contribution in [0.1, 0.15) is 16.8 Å². The summed E-state index contributed by atoms with van der Waals surface area (Å²) in [5.74, 6) is -1.34. The van der Waals surface area contributed by atoms with Crippen molar-refractivity contribution in [3.05, 3.63) is 22.1 Å². The smallest absolute Gasteiger partial charge is 0.326 e. The fraction of sp³-hybridized carbons (Fsp3) is 0.455. The van der Waals surface area contributed by atoms with Gasteiger partial charge in [0, 0.05) is 31.5 Å². The minimum atomic E-state index is -1.27. The van der Waals surface area contributed by atoms with Crippen molar-refractivity contribution < 1.29 is 19.8 Å². The van der Waals surface area contributed by atoms with E-state index in [1.165, 1.54) is 16.3 Å². The predicted molar refractivity (Wildman–Crippen MR) is 69.8 cm³/mol. The molecule has 2 heterocycles. The van der Waals surface area contributed by atoms with Crippen molar-refractivity contribution in [3.63, 3.8) is 0 Å². The molecule has 0 aromatic carbocycles. The molecule has 0 bridgehead atoms. The molecule has 0 saturated heterocycles. The molecule has 1 aliphatic heterocycles. The summed E-state index contributed by atoms with van der Waals surface area (Å²) >= 11 is 1.42. The molecule has 3 N–H and O–H groups in total. The van der Waals surface area contributed by atoms with Crippen molar-refractivity contribution in [2.45, 2.75) is 24.2 Å². The number of aliphatic carboxylic acids is 1. The SMILES string of the molecule is O=C(N[C@@H](CCO)C(=O)O)c1cnc2n(c1=O)CCS2. The van der Waals surface area contributed by atoms with Gasteiger partial charge < -0.3 is 15.5 Å². The van der Waals surface area contributed by atoms with Gasteiger partial charge >= 0.3 is 5.97 Å². The number of hydrogen-bond acceptors (Lipinski definition) is 6. The maximum atomic E-state index is 12.1. The van der Waals surface area contributed by atoms with Crippen LogP contribution in [0.2, 0.25) is 0 Å². The lowest BCUT2D eigenvalue weighted by Gasteiger charge is -2.13. The first-order valence-corrected chi connectivity index (χ1v) is 6.90. The Balaban J connectivity index is 2.22. The molecule has 1 atom stereocenters. The fourth-order valence-corrected chi connectivity index (χ4v) is 2.71. The molecule has 1 amide bonds. The number of carboxylic acids is 1. The van der Waals surface area contributed by atoms with E-state index in [1.54, 1.807) is 0 Å². The van der Waals surface area contributed by atoms with Gasteiger partial charge in [-0.1, -0.05) is 11.8 Å². The van der Waals surface area contributed by atoms with E-state index in [9.17, 15) is 14.4 Å². The van der Waals surface area contributed by atoms with E-state index in [0.717, 1.165) is 11.9 Å². The number of carbonyl (C=O) groups excluding carboxylic acids is 1. The summed E-state index contributed by atoms with van der Waals surface area (Å²) < 4.78 is 1.39. The highest BCUT2D eigenvalue weighted by atomic mass is 32.2. The second-order valence-electron chi connectivity index (χ2n) is 4.14. The number of nitrogens with one attached hydrogen (secondary N) is 1. The van der Waals surface area contributed by atoms with Crippen LogP contribution in [0.5, 0.6) is 0 Å². The lowest BCUT2D eigenvalue weighted by Crippen LogP contribution is -2.43. The van der Waals surface area contributed by atoms with Gasteiger partial charge in [-0.3, -0.25) is 14.2 Å². The van der Waals surface area contributed by atoms with E-state index in [0.29, 0.717) is 11.7 Å². The van der Waals surface area contributed by atoms with E-state index in [1.807, 2.05) is 0 Å². The molecule has 1 aromatic rings. The van der Waals surface area contributed by atoms with Gasteiger partial charge in [-0.25, -0.2) is 9.78 Å². The van der Waals surface area contributed by atoms with Crippen molar-refractivity contribution in [3.8, 4) is 0 Å². The van der Waals surface area contributed by atoms with Crippen LogP contribution in [0, 0.1) is 0 Å². The first-order valence-electron chi connectivity index (χ1n) is 5.91. The molecular formula is C11H13N3O5S. The highest BCUT2D eigenvalue weighted by Gasteiger charge is 2.24. The zero-order valence-electron chi connectivity index (χ0n) is 10.4. The quantitative estimate of drug-likeness (QED) is 0.591. The number of carbonyl (C=O) groups is 2. The average Bonchev–Trinajstić information content (AvgIpc) is 2.87. The molecule has 2 rings (SSSR count). The molecule has 8 nitrogen and oxygen atoms in total. The Morgan fingerprint density at radius 3 is 2.95 bits per heavy atom. The second kappa shape index (κ2) is 6.06. The highest BCUT2D eigenvalue weighted by Crippen LogP contribution is 2.20. The largest absolute Gasteiger partial charge is 0.480 e. The van der Waals surface area contributed by atoms with E-state index in [4.69, 9.17) is 10.2 Å². The van der Waals surface area contributed by atoms with Gasteiger partial charge in [0.1, 0.15) is 11.6 Å². The third-order valence-corrected chi connectivity index (χ3v) is 3.79. The normalized spacial score (nSPS) is 14.7. The van der Waals surface area contributed by atoms with Crippen molar-refractivity contribution in [1.29, 1.82) is 0 Å². The van der Waals surface area contributed by atoms with Crippen molar-refractivity contribution >= 4 is 23.6 Å². The van der Waals surface area contributed by atoms with Gasteiger partial charge in [0.05, 0.1) is 0 Å². The lowest BCUT2D eigenvalue weighted by atomic mass is 10.2. The van der Waals surface area contributed by atoms with Gasteiger partial charge in [0.15, 0.2) is 5.16 Å². The molecule has 20 heavy (non-hydrogen) atoms. The molecule has 0 fully saturated rings. The molecule has 0 saturated carbocycles. The summed E-state index contributed by atoms with van der Waals surface area (Å²) in [4.78, 5) is 38.9. The Morgan fingerprint density at radius 1 is 1.55 bits per heavy atom. The molecule has 1 aliphatic rings. The molecule has 0 unspecified atom stereocenters. The van der Waals surface area contributed by atoms with Crippen LogP contribution >= 0.6 is 11.8 Å². The molecule has 0 aliphatic carbocycles. The molecule has 9 heteroatoms. The highest BCUT2D eigenvalue weighted by molar-refractivity contribution is 7.99. The Morgan fingerprint density at radius 2 is 2.30 bits per heavy atom. The third kappa shape index (κ3) is 2.83. The topological polar surface area (TPSA) is 122 Å². The van der Waals surface area contributed by atoms with Crippen LogP contribution in [0.3, 0.4) is 0 Å². The van der Waals surface area contributed by atoms with Gasteiger partial charge in [-0.15, -0.1) is 0 Å². The first-order chi connectivity index (χ1) is 9.54. The van der Waals surface area contributed by atoms with Crippen LogP contribution in [0.15, 0.2) is 16.1 Å². The molecule has 0 radical (unpaired) electrons. The third-order valence-electron chi connectivity index (χ3n) is 2.82. The standard InChI is InChI=1S/C11H13N3O5S/c15-3-1-7(10(18)19)13-8(16)6-5-12-11-14(9(6)17)2-4-20-11/h5,7,15H,1-4H2,(H,13,16)(H,18,19)/t7-/m0/s1. The summed E-state index contributed by atoms with van der Waals surface area (Å²) in [5.41, 5.74) is -0.675. The van der Waals surface area contributed by atoms with Crippen LogP contribution in [0.4, 0.5) is 0 Å². The van der Waals surface area contributed by atoms with Gasteiger partial charge in [0.2, 0.25) is 0 Å². The number of aromatic nitrogens is 2. The number of amides is 1. The van der Waals surface area contributed by atoms with Crippen LogP contribution in [-0.4, -0.2) is 50.0 Å². The maximum absolute atomic E-state index is 12.1. The van der Waals surface area contributed by atoms with E-state index in [2.05, 4.69) is 10.3 Å². The Hall–Kier alpha value is -1.87.